The minimum absolute atomic E-state index is 0.0148. The van der Waals surface area contributed by atoms with E-state index in [4.69, 9.17) is 9.47 Å². The lowest BCUT2D eigenvalue weighted by molar-refractivity contribution is -0.992. The van der Waals surface area contributed by atoms with Crippen molar-refractivity contribution in [3.05, 3.63) is 57.2 Å². The Kier molecular flexibility index (Phi) is 3.90. The number of benzene rings is 1. The monoisotopic (exact) mass is 385 g/mol. The normalized spacial score (nSPS) is 23.3. The van der Waals surface area contributed by atoms with E-state index in [0.717, 1.165) is 12.1 Å². The fourth-order valence-corrected chi connectivity index (χ4v) is 4.49. The van der Waals surface area contributed by atoms with Crippen molar-refractivity contribution in [3.63, 3.8) is 0 Å². The number of hydrogen-bond donors (Lipinski definition) is 2. The zero-order valence-electron chi connectivity index (χ0n) is 15.0. The largest absolute Gasteiger partial charge is 0.595 e. The Morgan fingerprint density at radius 1 is 1.14 bits per heavy atom. The van der Waals surface area contributed by atoms with E-state index in [-0.39, 0.29) is 30.2 Å². The minimum Gasteiger partial charge on any atom is -0.595 e. The molecular formula is C19H19N3O6. The molecule has 1 aromatic carbocycles. The number of rotatable bonds is 2. The van der Waals surface area contributed by atoms with Gasteiger partial charge in [0.1, 0.15) is 0 Å². The molecule has 1 fully saturated rings. The second-order valence-electron chi connectivity index (χ2n) is 7.47. The smallest absolute Gasteiger partial charge is 0.315 e. The summed E-state index contributed by atoms with van der Waals surface area (Å²) in [6, 6.07) is 8.25. The highest BCUT2D eigenvalue weighted by Gasteiger charge is 2.37. The van der Waals surface area contributed by atoms with Crippen molar-refractivity contribution in [1.29, 1.82) is 0 Å². The van der Waals surface area contributed by atoms with Gasteiger partial charge in [0.05, 0.1) is 0 Å². The van der Waals surface area contributed by atoms with Gasteiger partial charge in [-0.2, -0.15) is 5.23 Å². The molecule has 3 aliphatic rings. The van der Waals surface area contributed by atoms with E-state index in [9.17, 15) is 20.0 Å². The van der Waals surface area contributed by atoms with Gasteiger partial charge in [-0.15, -0.1) is 0 Å². The standard InChI is InChI=1S/C19H19N3O6/c23-18(12-1-4-16-17(6-12)28-10-27-16)20-7-11-5-13(9-20)14-2-3-15(22(25)26)19(24)21(14)8-11/h1-4,6,11,13,22,25H,5,7-10H2. The summed E-state index contributed by atoms with van der Waals surface area (Å²) >= 11 is 0. The maximum atomic E-state index is 13.0. The Morgan fingerprint density at radius 3 is 2.79 bits per heavy atom. The number of nitrogens with zero attached hydrogens (tertiary/aromatic N) is 2. The second-order valence-corrected chi connectivity index (χ2v) is 7.47. The van der Waals surface area contributed by atoms with E-state index in [1.165, 1.54) is 6.07 Å². The van der Waals surface area contributed by atoms with E-state index in [1.807, 2.05) is 4.90 Å². The summed E-state index contributed by atoms with van der Waals surface area (Å²) in [6.45, 7) is 1.62. The van der Waals surface area contributed by atoms with Gasteiger partial charge in [-0.25, -0.2) is 5.21 Å². The fourth-order valence-electron chi connectivity index (χ4n) is 4.49. The Balaban J connectivity index is 1.43. The maximum absolute atomic E-state index is 13.0. The Morgan fingerprint density at radius 2 is 1.96 bits per heavy atom. The molecule has 0 spiro atoms. The molecule has 0 aliphatic carbocycles. The van der Waals surface area contributed by atoms with Crippen molar-refractivity contribution < 1.29 is 24.7 Å². The van der Waals surface area contributed by atoms with Crippen molar-refractivity contribution in [2.45, 2.75) is 18.9 Å². The topological polar surface area (TPSA) is 108 Å². The number of hydrogen-bond acceptors (Lipinski definition) is 6. The number of likely N-dealkylation sites (tertiary alicyclic amines) is 1. The molecule has 1 saturated heterocycles. The summed E-state index contributed by atoms with van der Waals surface area (Å²) in [5, 5.41) is 19.2. The van der Waals surface area contributed by atoms with Crippen LogP contribution < -0.4 is 20.3 Å². The Bertz CT molecular complexity index is 1020. The quantitative estimate of drug-likeness (QED) is 0.717. The SMILES string of the molecule is O=C(c1ccc2c(c1)OCO2)N1CC2CC(C1)c1ccc([NH+]([O-])O)c(=O)n1C2. The highest BCUT2D eigenvalue weighted by molar-refractivity contribution is 5.95. The van der Waals surface area contributed by atoms with Crippen molar-refractivity contribution in [2.24, 2.45) is 5.92 Å². The van der Waals surface area contributed by atoms with Crippen LogP contribution in [-0.4, -0.2) is 40.5 Å². The highest BCUT2D eigenvalue weighted by atomic mass is 16.8. The number of ether oxygens (including phenoxy) is 2. The number of aromatic nitrogens is 1. The number of fused-ring (bicyclic) bond motifs is 5. The molecule has 3 aliphatic heterocycles. The first kappa shape index (κ1) is 17.2. The molecule has 0 radical (unpaired) electrons. The molecule has 28 heavy (non-hydrogen) atoms. The molecular weight excluding hydrogens is 366 g/mol. The summed E-state index contributed by atoms with van der Waals surface area (Å²) in [4.78, 5) is 27.4. The molecule has 2 bridgehead atoms. The minimum atomic E-state index is -1.21. The van der Waals surface area contributed by atoms with Crippen molar-refractivity contribution in [1.82, 2.24) is 9.47 Å². The first-order valence-corrected chi connectivity index (χ1v) is 9.17. The van der Waals surface area contributed by atoms with E-state index in [1.54, 1.807) is 28.8 Å². The predicted molar refractivity (Wildman–Crippen MR) is 95.8 cm³/mol. The molecule has 9 heteroatoms. The van der Waals surface area contributed by atoms with Gasteiger partial charge in [-0.3, -0.25) is 9.59 Å². The molecule has 146 valence electrons. The van der Waals surface area contributed by atoms with Crippen LogP contribution in [0.1, 0.15) is 28.4 Å². The third-order valence-corrected chi connectivity index (χ3v) is 5.74. The molecule has 0 saturated carbocycles. The van der Waals surface area contributed by atoms with Crippen LogP contribution in [0.2, 0.25) is 0 Å². The summed E-state index contributed by atoms with van der Waals surface area (Å²) < 4.78 is 12.2. The van der Waals surface area contributed by atoms with E-state index in [0.29, 0.717) is 36.7 Å². The van der Waals surface area contributed by atoms with Crippen LogP contribution in [0, 0.1) is 11.1 Å². The molecule has 3 atom stereocenters. The average Bonchev–Trinajstić information content (AvgIpc) is 3.15. The molecule has 1 amide bonds. The van der Waals surface area contributed by atoms with Crippen molar-refractivity contribution in [2.75, 3.05) is 19.9 Å². The third-order valence-electron chi connectivity index (χ3n) is 5.74. The van der Waals surface area contributed by atoms with Gasteiger partial charge < -0.3 is 24.1 Å². The lowest BCUT2D eigenvalue weighted by atomic mass is 9.83. The second kappa shape index (κ2) is 6.33. The number of quaternary nitrogens is 1. The Hall–Kier alpha value is -2.88. The van der Waals surface area contributed by atoms with Crippen LogP contribution in [0.15, 0.2) is 35.1 Å². The van der Waals surface area contributed by atoms with E-state index >= 15 is 0 Å². The average molecular weight is 385 g/mol. The Labute approximate surface area is 159 Å². The van der Waals surface area contributed by atoms with E-state index < -0.39 is 10.8 Å². The zero-order valence-corrected chi connectivity index (χ0v) is 15.0. The number of carbonyl (C=O) groups excluding carboxylic acids is 1. The van der Waals surface area contributed by atoms with Gasteiger partial charge in [0, 0.05) is 42.9 Å². The van der Waals surface area contributed by atoms with Gasteiger partial charge in [-0.1, -0.05) is 0 Å². The summed E-state index contributed by atoms with van der Waals surface area (Å²) in [6.07, 6.45) is 0.886. The number of amides is 1. The summed E-state index contributed by atoms with van der Waals surface area (Å²) in [5.74, 6) is 1.26. The van der Waals surface area contributed by atoms with Gasteiger partial charge in [0.2, 0.25) is 12.5 Å². The maximum Gasteiger partial charge on any atom is 0.315 e. The van der Waals surface area contributed by atoms with Crippen LogP contribution in [0.4, 0.5) is 5.69 Å². The lowest BCUT2D eigenvalue weighted by Crippen LogP contribution is -3.00. The van der Waals surface area contributed by atoms with Gasteiger partial charge >= 0.3 is 5.56 Å². The van der Waals surface area contributed by atoms with Gasteiger partial charge in [0.15, 0.2) is 11.5 Å². The van der Waals surface area contributed by atoms with Crippen LogP contribution in [0.3, 0.4) is 0 Å². The molecule has 1 aromatic heterocycles. The number of piperidine rings is 1. The zero-order chi connectivity index (χ0) is 19.4. The van der Waals surface area contributed by atoms with Crippen LogP contribution in [0.5, 0.6) is 11.5 Å². The fraction of sp³-hybridized carbons (Fsp3) is 0.368. The molecule has 5 rings (SSSR count). The summed E-state index contributed by atoms with van der Waals surface area (Å²) in [5.41, 5.74) is 0.671. The molecule has 2 aromatic rings. The highest BCUT2D eigenvalue weighted by Crippen LogP contribution is 2.37. The third kappa shape index (κ3) is 2.67. The first-order valence-electron chi connectivity index (χ1n) is 9.17. The van der Waals surface area contributed by atoms with Gasteiger partial charge in [-0.05, 0) is 36.6 Å². The summed E-state index contributed by atoms with van der Waals surface area (Å²) in [7, 11) is 0. The van der Waals surface area contributed by atoms with Crippen LogP contribution >= 0.6 is 0 Å². The van der Waals surface area contributed by atoms with Gasteiger partial charge in [0.25, 0.3) is 5.91 Å². The van der Waals surface area contributed by atoms with Crippen molar-refractivity contribution >= 4 is 11.6 Å². The predicted octanol–water partition coefficient (Wildman–Crippen LogP) is 0.240. The number of carbonyl (C=O) groups is 1. The van der Waals surface area contributed by atoms with Crippen molar-refractivity contribution in [3.8, 4) is 11.5 Å². The number of nitrogens with one attached hydrogen (secondary N) is 1. The van der Waals surface area contributed by atoms with E-state index in [2.05, 4.69) is 0 Å². The van der Waals surface area contributed by atoms with Crippen LogP contribution in [-0.2, 0) is 6.54 Å². The molecule has 3 unspecified atom stereocenters. The number of pyridine rings is 1. The lowest BCUT2D eigenvalue weighted by Gasteiger charge is -2.42. The molecule has 2 N–H and O–H groups in total. The first-order chi connectivity index (χ1) is 13.5. The van der Waals surface area contributed by atoms with Crippen LogP contribution in [0.25, 0.3) is 0 Å². The molecule has 9 nitrogen and oxygen atoms in total. The molecule has 4 heterocycles.